The van der Waals surface area contributed by atoms with Crippen molar-refractivity contribution in [3.05, 3.63) is 47.5 Å². The van der Waals surface area contributed by atoms with Gasteiger partial charge >= 0.3 is 0 Å². The summed E-state index contributed by atoms with van der Waals surface area (Å²) in [5, 5.41) is 9.69. The number of nitrogens with one attached hydrogen (secondary N) is 2. The molecule has 2 rings (SSSR count). The Hall–Kier alpha value is -2.21. The Morgan fingerprint density at radius 3 is 2.73 bits per heavy atom. The van der Waals surface area contributed by atoms with Crippen LogP contribution in [0, 0.1) is 0 Å². The van der Waals surface area contributed by atoms with Crippen molar-refractivity contribution in [2.45, 2.75) is 32.4 Å². The lowest BCUT2D eigenvalue weighted by atomic mass is 10.1. The standard InChI is InChI=1S/C16H23N5O/c1-12(9-10-13-7-5-4-6-8-13)17-16(22)15-18-14(19-20-15)11-21(2)3/h4-8,12H,9-11H2,1-3H3,(H,17,22)(H,18,19,20). The summed E-state index contributed by atoms with van der Waals surface area (Å²) >= 11 is 0. The van der Waals surface area contributed by atoms with Gasteiger partial charge in [-0.3, -0.25) is 9.89 Å². The molecule has 1 unspecified atom stereocenters. The van der Waals surface area contributed by atoms with Crippen molar-refractivity contribution < 1.29 is 4.79 Å². The first-order valence-electron chi connectivity index (χ1n) is 7.45. The maximum absolute atomic E-state index is 12.1. The zero-order chi connectivity index (χ0) is 15.9. The lowest BCUT2D eigenvalue weighted by molar-refractivity contribution is 0.0928. The maximum atomic E-state index is 12.1. The molecule has 1 atom stereocenters. The van der Waals surface area contributed by atoms with Crippen molar-refractivity contribution >= 4 is 5.91 Å². The fourth-order valence-electron chi connectivity index (χ4n) is 2.16. The molecule has 0 radical (unpaired) electrons. The summed E-state index contributed by atoms with van der Waals surface area (Å²) in [6.45, 7) is 2.62. The van der Waals surface area contributed by atoms with Crippen LogP contribution in [0.2, 0.25) is 0 Å². The highest BCUT2D eigenvalue weighted by atomic mass is 16.2. The first-order valence-corrected chi connectivity index (χ1v) is 7.45. The average Bonchev–Trinajstić information content (AvgIpc) is 2.94. The van der Waals surface area contributed by atoms with Gasteiger partial charge in [-0.2, -0.15) is 0 Å². The highest BCUT2D eigenvalue weighted by Gasteiger charge is 2.15. The molecule has 0 aliphatic rings. The molecule has 0 aliphatic carbocycles. The van der Waals surface area contributed by atoms with Gasteiger partial charge in [0, 0.05) is 6.04 Å². The summed E-state index contributed by atoms with van der Waals surface area (Å²) in [4.78, 5) is 18.3. The van der Waals surface area contributed by atoms with Crippen molar-refractivity contribution in [1.29, 1.82) is 0 Å². The van der Waals surface area contributed by atoms with E-state index < -0.39 is 0 Å². The van der Waals surface area contributed by atoms with Crippen LogP contribution in [0.5, 0.6) is 0 Å². The highest BCUT2D eigenvalue weighted by molar-refractivity contribution is 5.90. The van der Waals surface area contributed by atoms with E-state index in [0.717, 1.165) is 12.8 Å². The smallest absolute Gasteiger partial charge is 0.291 e. The molecule has 0 spiro atoms. The molecule has 1 aromatic carbocycles. The molecule has 0 aliphatic heterocycles. The van der Waals surface area contributed by atoms with E-state index >= 15 is 0 Å². The fraction of sp³-hybridized carbons (Fsp3) is 0.438. The summed E-state index contributed by atoms with van der Waals surface area (Å²) in [5.41, 5.74) is 1.27. The third kappa shape index (κ3) is 4.96. The number of aromatic amines is 1. The van der Waals surface area contributed by atoms with E-state index in [1.165, 1.54) is 5.56 Å². The van der Waals surface area contributed by atoms with Crippen LogP contribution in [-0.2, 0) is 13.0 Å². The Kier molecular flexibility index (Phi) is 5.66. The third-order valence-corrected chi connectivity index (χ3v) is 3.29. The first kappa shape index (κ1) is 16.2. The van der Waals surface area contributed by atoms with Gasteiger partial charge in [-0.05, 0) is 39.4 Å². The van der Waals surface area contributed by atoms with Gasteiger partial charge in [-0.1, -0.05) is 30.3 Å². The van der Waals surface area contributed by atoms with Crippen molar-refractivity contribution in [3.8, 4) is 0 Å². The fourth-order valence-corrected chi connectivity index (χ4v) is 2.16. The Morgan fingerprint density at radius 1 is 1.32 bits per heavy atom. The van der Waals surface area contributed by atoms with Crippen LogP contribution in [0.15, 0.2) is 30.3 Å². The number of aryl methyl sites for hydroxylation is 1. The number of rotatable bonds is 7. The minimum atomic E-state index is -0.234. The van der Waals surface area contributed by atoms with Crippen LogP contribution < -0.4 is 5.32 Å². The van der Waals surface area contributed by atoms with Crippen molar-refractivity contribution in [3.63, 3.8) is 0 Å². The van der Waals surface area contributed by atoms with Crippen LogP contribution >= 0.6 is 0 Å². The van der Waals surface area contributed by atoms with Gasteiger partial charge in [0.2, 0.25) is 5.82 Å². The van der Waals surface area contributed by atoms with Gasteiger partial charge in [0.25, 0.3) is 5.91 Å². The summed E-state index contributed by atoms with van der Waals surface area (Å²) in [5.74, 6) is 0.650. The predicted molar refractivity (Wildman–Crippen MR) is 85.5 cm³/mol. The maximum Gasteiger partial charge on any atom is 0.291 e. The van der Waals surface area contributed by atoms with Crippen LogP contribution in [-0.4, -0.2) is 46.1 Å². The molecule has 0 saturated carbocycles. The number of hydrogen-bond donors (Lipinski definition) is 2. The molecule has 1 aromatic heterocycles. The van der Waals surface area contributed by atoms with Gasteiger partial charge in [0.15, 0.2) is 0 Å². The lowest BCUT2D eigenvalue weighted by Gasteiger charge is -2.12. The molecule has 2 N–H and O–H groups in total. The minimum Gasteiger partial charge on any atom is -0.347 e. The molecule has 0 fully saturated rings. The molecule has 1 amide bonds. The Morgan fingerprint density at radius 2 is 2.05 bits per heavy atom. The highest BCUT2D eigenvalue weighted by Crippen LogP contribution is 2.05. The van der Waals surface area contributed by atoms with E-state index in [2.05, 4.69) is 32.6 Å². The molecule has 118 valence electrons. The second-order valence-electron chi connectivity index (χ2n) is 5.74. The van der Waals surface area contributed by atoms with E-state index in [4.69, 9.17) is 0 Å². The van der Waals surface area contributed by atoms with Crippen molar-refractivity contribution in [1.82, 2.24) is 25.4 Å². The van der Waals surface area contributed by atoms with Crippen LogP contribution in [0.25, 0.3) is 0 Å². The predicted octanol–water partition coefficient (Wildman–Crippen LogP) is 1.62. The van der Waals surface area contributed by atoms with Gasteiger partial charge in [0.05, 0.1) is 6.54 Å². The average molecular weight is 301 g/mol. The normalized spacial score (nSPS) is 12.4. The first-order chi connectivity index (χ1) is 10.5. The van der Waals surface area contributed by atoms with Crippen molar-refractivity contribution in [2.24, 2.45) is 0 Å². The number of carbonyl (C=O) groups excluding carboxylic acids is 1. The molecule has 0 saturated heterocycles. The minimum absolute atomic E-state index is 0.0727. The van der Waals surface area contributed by atoms with E-state index in [1.54, 1.807) is 0 Å². The number of hydrogen-bond acceptors (Lipinski definition) is 4. The van der Waals surface area contributed by atoms with Gasteiger partial charge in [0.1, 0.15) is 5.82 Å². The SMILES string of the molecule is CC(CCc1ccccc1)NC(=O)c1n[nH]c(CN(C)C)n1. The third-order valence-electron chi connectivity index (χ3n) is 3.29. The summed E-state index contributed by atoms with van der Waals surface area (Å²) in [6.07, 6.45) is 1.81. The number of benzene rings is 1. The largest absolute Gasteiger partial charge is 0.347 e. The molecule has 22 heavy (non-hydrogen) atoms. The number of aromatic nitrogens is 3. The van der Waals surface area contributed by atoms with E-state index in [1.807, 2.05) is 44.1 Å². The molecule has 1 heterocycles. The van der Waals surface area contributed by atoms with Crippen LogP contribution in [0.3, 0.4) is 0 Å². The Bertz CT molecular complexity index is 594. The summed E-state index contributed by atoms with van der Waals surface area (Å²) < 4.78 is 0. The molecular weight excluding hydrogens is 278 g/mol. The lowest BCUT2D eigenvalue weighted by Crippen LogP contribution is -2.33. The molecule has 6 heteroatoms. The molecule has 2 aromatic rings. The molecule has 6 nitrogen and oxygen atoms in total. The zero-order valence-corrected chi connectivity index (χ0v) is 13.3. The zero-order valence-electron chi connectivity index (χ0n) is 13.3. The number of carbonyl (C=O) groups is 1. The van der Waals surface area contributed by atoms with Gasteiger partial charge < -0.3 is 10.2 Å². The Balaban J connectivity index is 1.82. The molecule has 0 bridgehead atoms. The summed E-state index contributed by atoms with van der Waals surface area (Å²) in [7, 11) is 3.88. The monoisotopic (exact) mass is 301 g/mol. The second kappa shape index (κ2) is 7.70. The number of H-pyrrole nitrogens is 1. The van der Waals surface area contributed by atoms with Gasteiger partial charge in [-0.15, -0.1) is 5.10 Å². The number of amides is 1. The van der Waals surface area contributed by atoms with Crippen molar-refractivity contribution in [2.75, 3.05) is 14.1 Å². The molecular formula is C16H23N5O. The van der Waals surface area contributed by atoms with Gasteiger partial charge in [-0.25, -0.2) is 4.98 Å². The number of nitrogens with zero attached hydrogens (tertiary/aromatic N) is 3. The van der Waals surface area contributed by atoms with Crippen LogP contribution in [0.4, 0.5) is 0 Å². The summed E-state index contributed by atoms with van der Waals surface area (Å²) in [6, 6.07) is 10.3. The Labute approximate surface area is 130 Å². The van der Waals surface area contributed by atoms with Crippen LogP contribution in [0.1, 0.15) is 35.4 Å². The van der Waals surface area contributed by atoms with E-state index in [0.29, 0.717) is 12.4 Å². The van der Waals surface area contributed by atoms with E-state index in [-0.39, 0.29) is 17.8 Å². The van der Waals surface area contributed by atoms with E-state index in [9.17, 15) is 4.79 Å². The second-order valence-corrected chi connectivity index (χ2v) is 5.74. The topological polar surface area (TPSA) is 73.9 Å². The quantitative estimate of drug-likeness (QED) is 0.815.